The monoisotopic (exact) mass is 339 g/mol. The molecule has 0 aliphatic heterocycles. The summed E-state index contributed by atoms with van der Waals surface area (Å²) in [6.45, 7) is 2.45. The molecule has 9 heteroatoms. The topological polar surface area (TPSA) is 91.8 Å². The van der Waals surface area contributed by atoms with Gasteiger partial charge in [0.2, 0.25) is 10.0 Å². The second-order valence-electron chi connectivity index (χ2n) is 5.31. The van der Waals surface area contributed by atoms with Gasteiger partial charge in [-0.3, -0.25) is 0 Å². The van der Waals surface area contributed by atoms with Gasteiger partial charge in [0.25, 0.3) is 0 Å². The number of hydrogen-bond donors (Lipinski definition) is 1. The molecule has 0 saturated heterocycles. The van der Waals surface area contributed by atoms with Crippen molar-refractivity contribution in [2.75, 3.05) is 19.9 Å². The average molecular weight is 339 g/mol. The van der Waals surface area contributed by atoms with Crippen LogP contribution in [0.2, 0.25) is 0 Å². The van der Waals surface area contributed by atoms with E-state index in [4.69, 9.17) is 0 Å². The highest BCUT2D eigenvalue weighted by Gasteiger charge is 2.35. The van der Waals surface area contributed by atoms with E-state index < -0.39 is 42.7 Å². The second-order valence-corrected chi connectivity index (χ2v) is 9.26. The highest BCUT2D eigenvalue weighted by molar-refractivity contribution is 7.91. The first-order valence-electron chi connectivity index (χ1n) is 5.93. The number of aliphatic hydroxyl groups is 1. The van der Waals surface area contributed by atoms with E-state index in [0.717, 1.165) is 28.8 Å². The fraction of sp³-hybridized carbons (Fsp3) is 0.500. The lowest BCUT2D eigenvalue weighted by atomic mass is 10.1. The molecule has 0 bridgehead atoms. The molecule has 0 unspecified atom stereocenters. The normalized spacial score (nSPS) is 13.7. The molecular weight excluding hydrogens is 321 g/mol. The van der Waals surface area contributed by atoms with Crippen LogP contribution in [0.15, 0.2) is 28.0 Å². The van der Waals surface area contributed by atoms with Gasteiger partial charge in [-0.2, -0.15) is 4.31 Å². The molecule has 1 rings (SSSR count). The van der Waals surface area contributed by atoms with Crippen molar-refractivity contribution >= 4 is 19.9 Å². The van der Waals surface area contributed by atoms with Gasteiger partial charge in [0.05, 0.1) is 17.0 Å². The number of hydrogen-bond acceptors (Lipinski definition) is 5. The third-order valence-corrected chi connectivity index (χ3v) is 6.40. The van der Waals surface area contributed by atoms with Crippen molar-refractivity contribution in [3.8, 4) is 0 Å². The molecule has 0 saturated carbocycles. The molecular formula is C12H18FNO5S2. The Bertz CT molecular complexity index is 741. The van der Waals surface area contributed by atoms with Crippen molar-refractivity contribution in [3.63, 3.8) is 0 Å². The average Bonchev–Trinajstić information content (AvgIpc) is 2.36. The number of benzene rings is 1. The van der Waals surface area contributed by atoms with E-state index >= 15 is 0 Å². The summed E-state index contributed by atoms with van der Waals surface area (Å²) in [7, 11) is -6.76. The first kappa shape index (κ1) is 18.0. The van der Waals surface area contributed by atoms with Crippen molar-refractivity contribution < 1.29 is 26.3 Å². The van der Waals surface area contributed by atoms with E-state index in [1.165, 1.54) is 20.9 Å². The Morgan fingerprint density at radius 1 is 1.24 bits per heavy atom. The molecule has 1 aromatic rings. The summed E-state index contributed by atoms with van der Waals surface area (Å²) in [5.74, 6) is -1.05. The van der Waals surface area contributed by atoms with Gasteiger partial charge in [0.15, 0.2) is 9.84 Å². The SMILES string of the molecule is CN(C(C)(C)CO)S(=O)(=O)c1cc(S(C)(=O)=O)ccc1F. The Morgan fingerprint density at radius 3 is 2.19 bits per heavy atom. The van der Waals surface area contributed by atoms with Crippen LogP contribution in [-0.4, -0.2) is 51.7 Å². The number of rotatable bonds is 5. The van der Waals surface area contributed by atoms with Crippen LogP contribution in [0.4, 0.5) is 4.39 Å². The molecule has 0 atom stereocenters. The quantitative estimate of drug-likeness (QED) is 0.794. The number of nitrogens with zero attached hydrogens (tertiary/aromatic N) is 1. The molecule has 21 heavy (non-hydrogen) atoms. The van der Waals surface area contributed by atoms with E-state index in [2.05, 4.69) is 0 Å². The lowest BCUT2D eigenvalue weighted by molar-refractivity contribution is 0.137. The van der Waals surface area contributed by atoms with Crippen molar-refractivity contribution in [1.82, 2.24) is 4.31 Å². The lowest BCUT2D eigenvalue weighted by Crippen LogP contribution is -2.47. The lowest BCUT2D eigenvalue weighted by Gasteiger charge is -2.32. The Hall–Kier alpha value is -1.03. The maximum atomic E-state index is 13.8. The smallest absolute Gasteiger partial charge is 0.246 e. The van der Waals surface area contributed by atoms with Crippen LogP contribution in [0.1, 0.15) is 13.8 Å². The van der Waals surface area contributed by atoms with E-state index in [1.54, 1.807) is 0 Å². The van der Waals surface area contributed by atoms with Gasteiger partial charge >= 0.3 is 0 Å². The zero-order valence-corrected chi connectivity index (χ0v) is 13.8. The number of halogens is 1. The fourth-order valence-corrected chi connectivity index (χ4v) is 3.80. The Balaban J connectivity index is 3.53. The summed E-state index contributed by atoms with van der Waals surface area (Å²) in [5, 5.41) is 9.23. The molecule has 0 amide bonds. The third-order valence-electron chi connectivity index (χ3n) is 3.21. The zero-order valence-electron chi connectivity index (χ0n) is 12.2. The molecule has 120 valence electrons. The fourth-order valence-electron chi connectivity index (χ4n) is 1.48. The molecule has 0 aromatic heterocycles. The number of sulfonamides is 1. The van der Waals surface area contributed by atoms with Crippen LogP contribution in [0.25, 0.3) is 0 Å². The molecule has 1 aromatic carbocycles. The predicted octanol–water partition coefficient (Wildman–Crippen LogP) is 0.621. The van der Waals surface area contributed by atoms with Gasteiger partial charge < -0.3 is 5.11 Å². The molecule has 0 radical (unpaired) electrons. The van der Waals surface area contributed by atoms with Gasteiger partial charge in [-0.1, -0.05) is 0 Å². The summed E-state index contributed by atoms with van der Waals surface area (Å²) in [4.78, 5) is -1.04. The van der Waals surface area contributed by atoms with Crippen molar-refractivity contribution in [1.29, 1.82) is 0 Å². The molecule has 0 aliphatic rings. The first-order valence-corrected chi connectivity index (χ1v) is 9.26. The third kappa shape index (κ3) is 3.60. The van der Waals surface area contributed by atoms with E-state index in [1.807, 2.05) is 0 Å². The zero-order chi connectivity index (χ0) is 16.6. The second kappa shape index (κ2) is 5.64. The minimum atomic E-state index is -4.29. The minimum absolute atomic E-state index is 0.294. The van der Waals surface area contributed by atoms with Crippen LogP contribution < -0.4 is 0 Å². The molecule has 0 spiro atoms. The summed E-state index contributed by atoms with van der Waals surface area (Å²) in [5.41, 5.74) is -1.16. The molecule has 6 nitrogen and oxygen atoms in total. The van der Waals surface area contributed by atoms with Gasteiger partial charge in [0, 0.05) is 13.3 Å². The van der Waals surface area contributed by atoms with Crippen molar-refractivity contribution in [2.24, 2.45) is 0 Å². The van der Waals surface area contributed by atoms with Gasteiger partial charge in [0.1, 0.15) is 10.7 Å². The Labute approximate surface area is 124 Å². The largest absolute Gasteiger partial charge is 0.394 e. The summed E-state index contributed by atoms with van der Waals surface area (Å²) in [6.07, 6.45) is 0.901. The maximum Gasteiger partial charge on any atom is 0.246 e. The molecule has 1 N–H and O–H groups in total. The first-order chi connectivity index (χ1) is 9.34. The standard InChI is InChI=1S/C12H18FNO5S2/c1-12(2,8-15)14(3)21(18,19)11-7-9(20(4,16)17)5-6-10(11)13/h5-7,15H,8H2,1-4H3. The summed E-state index contributed by atoms with van der Waals surface area (Å²) < 4.78 is 62.4. The maximum absolute atomic E-state index is 13.8. The molecule has 0 fully saturated rings. The van der Waals surface area contributed by atoms with Crippen molar-refractivity contribution in [2.45, 2.75) is 29.2 Å². The van der Waals surface area contributed by atoms with Crippen LogP contribution in [0.3, 0.4) is 0 Å². The predicted molar refractivity (Wildman–Crippen MR) is 75.6 cm³/mol. The van der Waals surface area contributed by atoms with Crippen LogP contribution in [0, 0.1) is 5.82 Å². The van der Waals surface area contributed by atoms with E-state index in [0.29, 0.717) is 0 Å². The van der Waals surface area contributed by atoms with Gasteiger partial charge in [-0.25, -0.2) is 21.2 Å². The summed E-state index contributed by atoms with van der Waals surface area (Å²) >= 11 is 0. The Morgan fingerprint density at radius 2 is 1.76 bits per heavy atom. The molecule has 0 heterocycles. The summed E-state index contributed by atoms with van der Waals surface area (Å²) in [6, 6.07) is 2.58. The highest BCUT2D eigenvalue weighted by Crippen LogP contribution is 2.26. The Kier molecular flexibility index (Phi) is 4.84. The highest BCUT2D eigenvalue weighted by atomic mass is 32.2. The van der Waals surface area contributed by atoms with Gasteiger partial charge in [-0.15, -0.1) is 0 Å². The van der Waals surface area contributed by atoms with Crippen LogP contribution in [0.5, 0.6) is 0 Å². The molecule has 0 aliphatic carbocycles. The van der Waals surface area contributed by atoms with Gasteiger partial charge in [-0.05, 0) is 32.0 Å². The van der Waals surface area contributed by atoms with Crippen LogP contribution in [-0.2, 0) is 19.9 Å². The van der Waals surface area contributed by atoms with E-state index in [-0.39, 0.29) is 4.90 Å². The van der Waals surface area contributed by atoms with Crippen molar-refractivity contribution in [3.05, 3.63) is 24.0 Å². The number of sulfone groups is 1. The van der Waals surface area contributed by atoms with Crippen LogP contribution >= 0.6 is 0 Å². The number of likely N-dealkylation sites (N-methyl/N-ethyl adjacent to an activating group) is 1. The minimum Gasteiger partial charge on any atom is -0.394 e. The van der Waals surface area contributed by atoms with E-state index in [9.17, 15) is 26.3 Å². The number of aliphatic hydroxyl groups excluding tert-OH is 1.